The predicted octanol–water partition coefficient (Wildman–Crippen LogP) is 3.05. The number of ether oxygens (including phenoxy) is 1. The van der Waals surface area contributed by atoms with Gasteiger partial charge in [0.05, 0.1) is 17.0 Å². The molecule has 1 aliphatic heterocycles. The zero-order valence-electron chi connectivity index (χ0n) is 13.5. The molecule has 2 heterocycles. The number of para-hydroxylation sites is 1. The molecule has 0 radical (unpaired) electrons. The number of pyridine rings is 1. The first-order valence-corrected chi connectivity index (χ1v) is 7.89. The zero-order valence-corrected chi connectivity index (χ0v) is 13.5. The monoisotopic (exact) mass is 329 g/mol. The molecule has 3 N–H and O–H groups in total. The van der Waals surface area contributed by atoms with Crippen LogP contribution in [0, 0.1) is 18.3 Å². The fourth-order valence-electron chi connectivity index (χ4n) is 3.35. The average Bonchev–Trinajstić information content (AvgIpc) is 2.60. The van der Waals surface area contributed by atoms with Crippen LogP contribution in [0.5, 0.6) is 5.75 Å². The Morgan fingerprint density at radius 2 is 2.00 bits per heavy atom. The second-order valence-electron chi connectivity index (χ2n) is 6.08. The topological polar surface area (TPSA) is 91.9 Å². The van der Waals surface area contributed by atoms with E-state index in [1.165, 1.54) is 0 Å². The van der Waals surface area contributed by atoms with Gasteiger partial charge < -0.3 is 15.5 Å². The molecule has 25 heavy (non-hydrogen) atoms. The Kier molecular flexibility index (Phi) is 3.33. The minimum absolute atomic E-state index is 0.0391. The minimum Gasteiger partial charge on any atom is -0.439 e. The van der Waals surface area contributed by atoms with Gasteiger partial charge in [0.2, 0.25) is 5.88 Å². The molecule has 5 nitrogen and oxygen atoms in total. The third-order valence-electron chi connectivity index (χ3n) is 4.46. The Labute approximate surface area is 144 Å². The third kappa shape index (κ3) is 2.27. The highest BCUT2D eigenvalue weighted by Crippen LogP contribution is 2.42. The molecule has 1 unspecified atom stereocenters. The zero-order chi connectivity index (χ0) is 17.6. The molecule has 1 atom stereocenters. The van der Waals surface area contributed by atoms with Crippen molar-refractivity contribution >= 4 is 10.9 Å². The lowest BCUT2D eigenvalue weighted by atomic mass is 9.83. The van der Waals surface area contributed by atoms with Crippen LogP contribution >= 0.6 is 0 Å². The Bertz CT molecular complexity index is 1140. The molecular weight excluding hydrogens is 314 g/mol. The Morgan fingerprint density at radius 3 is 2.76 bits per heavy atom. The summed E-state index contributed by atoms with van der Waals surface area (Å²) in [6.07, 6.45) is 0. The predicted molar refractivity (Wildman–Crippen MR) is 95.0 cm³/mol. The number of benzene rings is 2. The van der Waals surface area contributed by atoms with E-state index in [-0.39, 0.29) is 17.0 Å². The molecule has 0 saturated carbocycles. The Hall–Kier alpha value is -3.52. The van der Waals surface area contributed by atoms with Gasteiger partial charge in [0.25, 0.3) is 5.56 Å². The van der Waals surface area contributed by atoms with Crippen molar-refractivity contribution in [2.45, 2.75) is 12.8 Å². The molecular formula is C20H15N3O2. The van der Waals surface area contributed by atoms with Crippen LogP contribution in [0.4, 0.5) is 0 Å². The van der Waals surface area contributed by atoms with Crippen LogP contribution in [0.3, 0.4) is 0 Å². The molecule has 0 amide bonds. The van der Waals surface area contributed by atoms with E-state index in [2.05, 4.69) is 11.1 Å². The molecule has 0 bridgehead atoms. The van der Waals surface area contributed by atoms with Crippen molar-refractivity contribution in [1.82, 2.24) is 4.98 Å². The summed E-state index contributed by atoms with van der Waals surface area (Å²) >= 11 is 0. The fraction of sp³-hybridized carbons (Fsp3) is 0.100. The van der Waals surface area contributed by atoms with E-state index in [4.69, 9.17) is 10.5 Å². The molecule has 0 aliphatic carbocycles. The maximum absolute atomic E-state index is 12.8. The first-order chi connectivity index (χ1) is 12.1. The van der Waals surface area contributed by atoms with E-state index in [0.717, 1.165) is 16.5 Å². The van der Waals surface area contributed by atoms with E-state index in [1.54, 1.807) is 0 Å². The summed E-state index contributed by atoms with van der Waals surface area (Å²) in [4.78, 5) is 15.7. The number of aromatic amines is 1. The van der Waals surface area contributed by atoms with Gasteiger partial charge in [0.15, 0.2) is 0 Å². The van der Waals surface area contributed by atoms with Crippen molar-refractivity contribution in [3.8, 4) is 11.8 Å². The van der Waals surface area contributed by atoms with E-state index in [0.29, 0.717) is 16.8 Å². The van der Waals surface area contributed by atoms with Gasteiger partial charge in [0.1, 0.15) is 17.4 Å². The standard InChI is InChI=1S/C20H15N3O2/c1-11-5-4-6-12(9-11)16-14(10-21)19(22)25-18-13-7-2-3-8-15(13)23-20(24)17(16)18/h2-9,16H,22H2,1H3,(H,23,24). The maximum atomic E-state index is 12.8. The lowest BCUT2D eigenvalue weighted by Gasteiger charge is -2.26. The summed E-state index contributed by atoms with van der Waals surface area (Å²) in [6, 6.07) is 17.2. The number of fused-ring (bicyclic) bond motifs is 3. The number of hydrogen-bond acceptors (Lipinski definition) is 4. The molecule has 0 fully saturated rings. The van der Waals surface area contributed by atoms with Crippen LogP contribution in [0.2, 0.25) is 0 Å². The first kappa shape index (κ1) is 15.0. The number of nitrogens with one attached hydrogen (secondary N) is 1. The number of rotatable bonds is 1. The number of aromatic nitrogens is 1. The molecule has 5 heteroatoms. The highest BCUT2D eigenvalue weighted by Gasteiger charge is 2.34. The van der Waals surface area contributed by atoms with E-state index in [9.17, 15) is 10.1 Å². The minimum atomic E-state index is -0.554. The Balaban J connectivity index is 2.10. The highest BCUT2D eigenvalue weighted by atomic mass is 16.5. The number of nitrogens with two attached hydrogens (primary N) is 1. The van der Waals surface area contributed by atoms with Crippen LogP contribution in [0.1, 0.15) is 22.6 Å². The van der Waals surface area contributed by atoms with Gasteiger partial charge in [-0.2, -0.15) is 5.26 Å². The maximum Gasteiger partial charge on any atom is 0.256 e. The lowest BCUT2D eigenvalue weighted by Crippen LogP contribution is -2.27. The van der Waals surface area contributed by atoms with Crippen molar-refractivity contribution in [2.24, 2.45) is 5.73 Å². The van der Waals surface area contributed by atoms with Crippen LogP contribution in [-0.4, -0.2) is 4.98 Å². The fourth-order valence-corrected chi connectivity index (χ4v) is 3.35. The van der Waals surface area contributed by atoms with Crippen LogP contribution < -0.4 is 16.0 Å². The van der Waals surface area contributed by atoms with Crippen molar-refractivity contribution in [2.75, 3.05) is 0 Å². The average molecular weight is 329 g/mol. The Morgan fingerprint density at radius 1 is 1.20 bits per heavy atom. The summed E-state index contributed by atoms with van der Waals surface area (Å²) in [6.45, 7) is 1.97. The van der Waals surface area contributed by atoms with E-state index in [1.807, 2.05) is 55.5 Å². The van der Waals surface area contributed by atoms with Gasteiger partial charge in [-0.05, 0) is 24.6 Å². The van der Waals surface area contributed by atoms with Crippen LogP contribution in [-0.2, 0) is 0 Å². The molecule has 0 saturated heterocycles. The van der Waals surface area contributed by atoms with Gasteiger partial charge in [-0.15, -0.1) is 0 Å². The summed E-state index contributed by atoms with van der Waals surface area (Å²) < 4.78 is 5.73. The summed E-state index contributed by atoms with van der Waals surface area (Å²) in [5.74, 6) is -0.0957. The first-order valence-electron chi connectivity index (χ1n) is 7.89. The number of nitriles is 1. The third-order valence-corrected chi connectivity index (χ3v) is 4.46. The molecule has 2 aromatic carbocycles. The van der Waals surface area contributed by atoms with Gasteiger partial charge in [-0.3, -0.25) is 4.79 Å². The quantitative estimate of drug-likeness (QED) is 0.718. The lowest BCUT2D eigenvalue weighted by molar-refractivity contribution is 0.397. The normalized spacial score (nSPS) is 16.2. The largest absolute Gasteiger partial charge is 0.439 e. The second-order valence-corrected chi connectivity index (χ2v) is 6.08. The smallest absolute Gasteiger partial charge is 0.256 e. The van der Waals surface area contributed by atoms with Crippen molar-refractivity contribution < 1.29 is 4.74 Å². The number of H-pyrrole nitrogens is 1. The number of hydrogen-bond donors (Lipinski definition) is 2. The summed E-state index contributed by atoms with van der Waals surface area (Å²) in [5.41, 5.74) is 8.96. The summed E-state index contributed by atoms with van der Waals surface area (Å²) in [5, 5.41) is 10.4. The van der Waals surface area contributed by atoms with Crippen LogP contribution in [0.25, 0.3) is 10.9 Å². The molecule has 1 aromatic heterocycles. The van der Waals surface area contributed by atoms with Crippen molar-refractivity contribution in [3.63, 3.8) is 0 Å². The molecule has 0 spiro atoms. The van der Waals surface area contributed by atoms with E-state index >= 15 is 0 Å². The van der Waals surface area contributed by atoms with Gasteiger partial charge in [-0.1, -0.05) is 42.0 Å². The summed E-state index contributed by atoms with van der Waals surface area (Å²) in [7, 11) is 0. The number of allylic oxidation sites excluding steroid dienone is 1. The highest BCUT2D eigenvalue weighted by molar-refractivity contribution is 5.87. The second kappa shape index (κ2) is 5.53. The molecule has 1 aliphatic rings. The molecule has 122 valence electrons. The van der Waals surface area contributed by atoms with Crippen molar-refractivity contribution in [3.05, 3.63) is 87.0 Å². The van der Waals surface area contributed by atoms with Crippen molar-refractivity contribution in [1.29, 1.82) is 5.26 Å². The van der Waals surface area contributed by atoms with Gasteiger partial charge >= 0.3 is 0 Å². The number of nitrogens with zero attached hydrogens (tertiary/aromatic N) is 1. The van der Waals surface area contributed by atoms with Gasteiger partial charge in [-0.25, -0.2) is 0 Å². The van der Waals surface area contributed by atoms with Gasteiger partial charge in [0, 0.05) is 5.39 Å². The molecule has 3 aromatic rings. The number of aryl methyl sites for hydroxylation is 1. The van der Waals surface area contributed by atoms with Crippen LogP contribution in [0.15, 0.2) is 64.8 Å². The van der Waals surface area contributed by atoms with E-state index < -0.39 is 5.92 Å². The SMILES string of the molecule is Cc1cccc(C2C(C#N)=C(N)Oc3c2c(=O)[nH]c2ccccc32)c1. The molecule has 4 rings (SSSR count).